The van der Waals surface area contributed by atoms with Crippen LogP contribution >= 0.6 is 22.9 Å². The number of carbonyl (C=O) groups is 1. The molecule has 0 fully saturated rings. The zero-order chi connectivity index (χ0) is 23.4. The fourth-order valence-corrected chi connectivity index (χ4v) is 3.89. The number of primary amides is 1. The first-order valence-corrected chi connectivity index (χ1v) is 10.7. The topological polar surface area (TPSA) is 100 Å². The molecule has 2 heterocycles. The molecule has 168 valence electrons. The minimum absolute atomic E-state index is 0.0733. The number of rotatable bonds is 8. The summed E-state index contributed by atoms with van der Waals surface area (Å²) in [7, 11) is 0. The molecule has 2 aromatic carbocycles. The molecule has 4 aromatic rings. The van der Waals surface area contributed by atoms with Crippen LogP contribution in [0.1, 0.15) is 15.9 Å². The predicted octanol–water partition coefficient (Wildman–Crippen LogP) is 5.20. The zero-order valence-electron chi connectivity index (χ0n) is 16.7. The molecular weight excluding hydrogens is 474 g/mol. The average molecular weight is 489 g/mol. The van der Waals surface area contributed by atoms with Gasteiger partial charge < -0.3 is 15.2 Å². The minimum atomic E-state index is -3.06. The molecule has 4 rings (SSSR count). The third-order valence-corrected chi connectivity index (χ3v) is 5.57. The van der Waals surface area contributed by atoms with Crippen LogP contribution in [0.4, 0.5) is 8.78 Å². The first-order chi connectivity index (χ1) is 15.9. The van der Waals surface area contributed by atoms with Crippen LogP contribution in [0.15, 0.2) is 60.8 Å². The number of para-hydroxylation sites is 1. The van der Waals surface area contributed by atoms with E-state index in [-0.39, 0.29) is 39.9 Å². The summed E-state index contributed by atoms with van der Waals surface area (Å²) >= 11 is 6.97. The summed E-state index contributed by atoms with van der Waals surface area (Å²) in [6.07, 6.45) is 1.38. The van der Waals surface area contributed by atoms with E-state index in [1.54, 1.807) is 18.2 Å². The Labute approximate surface area is 195 Å². The van der Waals surface area contributed by atoms with Gasteiger partial charge in [-0.05, 0) is 29.8 Å². The number of pyridine rings is 1. The van der Waals surface area contributed by atoms with E-state index >= 15 is 0 Å². The van der Waals surface area contributed by atoms with Gasteiger partial charge in [0.2, 0.25) is 5.91 Å². The lowest BCUT2D eigenvalue weighted by molar-refractivity contribution is -0.0494. The van der Waals surface area contributed by atoms with Gasteiger partial charge in [-0.1, -0.05) is 58.4 Å². The van der Waals surface area contributed by atoms with Crippen LogP contribution in [0.25, 0.3) is 21.8 Å². The summed E-state index contributed by atoms with van der Waals surface area (Å²) in [6, 6.07) is 14.6. The highest BCUT2D eigenvalue weighted by Gasteiger charge is 2.23. The molecule has 0 radical (unpaired) electrons. The van der Waals surface area contributed by atoms with Crippen molar-refractivity contribution in [3.63, 3.8) is 0 Å². The zero-order valence-corrected chi connectivity index (χ0v) is 18.3. The second-order valence-electron chi connectivity index (χ2n) is 6.61. The highest BCUT2D eigenvalue weighted by molar-refractivity contribution is 7.16. The Hall–Kier alpha value is -3.63. The van der Waals surface area contributed by atoms with Crippen LogP contribution in [0.2, 0.25) is 5.02 Å². The van der Waals surface area contributed by atoms with E-state index in [2.05, 4.69) is 19.9 Å². The van der Waals surface area contributed by atoms with Crippen molar-refractivity contribution in [2.75, 3.05) is 0 Å². The lowest BCUT2D eigenvalue weighted by Gasteiger charge is -2.15. The van der Waals surface area contributed by atoms with Gasteiger partial charge in [0, 0.05) is 22.3 Å². The molecule has 0 bridgehead atoms. The number of benzene rings is 2. The highest BCUT2D eigenvalue weighted by atomic mass is 35.5. The van der Waals surface area contributed by atoms with Gasteiger partial charge >= 0.3 is 6.61 Å². The van der Waals surface area contributed by atoms with E-state index in [0.717, 1.165) is 16.9 Å². The van der Waals surface area contributed by atoms with Gasteiger partial charge in [-0.3, -0.25) is 9.78 Å². The maximum absolute atomic E-state index is 13.0. The summed E-state index contributed by atoms with van der Waals surface area (Å²) < 4.78 is 36.3. The molecule has 0 aliphatic rings. The molecule has 0 unspecified atom stereocenters. The monoisotopic (exact) mass is 488 g/mol. The molecule has 0 saturated heterocycles. The van der Waals surface area contributed by atoms with Crippen molar-refractivity contribution in [1.82, 2.24) is 15.2 Å². The summed E-state index contributed by atoms with van der Waals surface area (Å²) in [5, 5.41) is 9.31. The normalized spacial score (nSPS) is 10.9. The molecule has 33 heavy (non-hydrogen) atoms. The maximum atomic E-state index is 13.0. The molecule has 0 saturated carbocycles. The SMILES string of the molecule is NC(=O)c1ccnc(-c2nnc(OCc3ccc(Cl)cc3)s2)c1-c1ccccc1OC(F)F. The highest BCUT2D eigenvalue weighted by Crippen LogP contribution is 2.40. The number of hydrogen-bond acceptors (Lipinski definition) is 7. The molecule has 0 aliphatic carbocycles. The summed E-state index contributed by atoms with van der Waals surface area (Å²) in [6.45, 7) is -2.82. The van der Waals surface area contributed by atoms with E-state index in [0.29, 0.717) is 10.0 Å². The molecule has 0 atom stereocenters. The summed E-state index contributed by atoms with van der Waals surface area (Å²) in [4.78, 5) is 16.5. The third kappa shape index (κ3) is 5.24. The standard InChI is InChI=1S/C22H15ClF2N4O3S/c23-13-7-5-12(6-8-13)11-31-22-29-28-20(33-22)18-17(15(19(26)30)9-10-27-18)14-3-1-2-4-16(14)32-21(24)25/h1-10,21H,11H2,(H2,26,30). The second-order valence-corrected chi connectivity index (χ2v) is 7.99. The van der Waals surface area contributed by atoms with Gasteiger partial charge in [-0.25, -0.2) is 0 Å². The van der Waals surface area contributed by atoms with Crippen molar-refractivity contribution in [2.45, 2.75) is 13.2 Å². The molecule has 2 N–H and O–H groups in total. The van der Waals surface area contributed by atoms with E-state index in [9.17, 15) is 13.6 Å². The van der Waals surface area contributed by atoms with Crippen molar-refractivity contribution in [2.24, 2.45) is 5.73 Å². The van der Waals surface area contributed by atoms with Crippen molar-refractivity contribution in [1.29, 1.82) is 0 Å². The Kier molecular flexibility index (Phi) is 6.76. The van der Waals surface area contributed by atoms with Gasteiger partial charge in [-0.2, -0.15) is 8.78 Å². The van der Waals surface area contributed by atoms with Crippen LogP contribution in [0.5, 0.6) is 10.9 Å². The first-order valence-electron chi connectivity index (χ1n) is 9.46. The van der Waals surface area contributed by atoms with E-state index in [1.807, 2.05) is 12.1 Å². The fourth-order valence-electron chi connectivity index (χ4n) is 3.06. The quantitative estimate of drug-likeness (QED) is 0.366. The maximum Gasteiger partial charge on any atom is 0.387 e. The Morgan fingerprint density at radius 1 is 1.09 bits per heavy atom. The van der Waals surface area contributed by atoms with Crippen LogP contribution in [0.3, 0.4) is 0 Å². The number of amides is 1. The van der Waals surface area contributed by atoms with Crippen molar-refractivity contribution >= 4 is 28.8 Å². The van der Waals surface area contributed by atoms with Crippen LogP contribution in [0, 0.1) is 0 Å². The van der Waals surface area contributed by atoms with Gasteiger partial charge in [0.1, 0.15) is 18.1 Å². The van der Waals surface area contributed by atoms with E-state index in [1.165, 1.54) is 30.5 Å². The lowest BCUT2D eigenvalue weighted by Crippen LogP contribution is -2.14. The van der Waals surface area contributed by atoms with E-state index in [4.69, 9.17) is 22.1 Å². The molecule has 11 heteroatoms. The van der Waals surface area contributed by atoms with Crippen LogP contribution in [-0.4, -0.2) is 27.7 Å². The molecule has 0 aliphatic heterocycles. The minimum Gasteiger partial charge on any atom is -0.464 e. The number of halogens is 3. The summed E-state index contributed by atoms with van der Waals surface area (Å²) in [5.41, 5.74) is 7.17. The Morgan fingerprint density at radius 3 is 2.58 bits per heavy atom. The van der Waals surface area contributed by atoms with Crippen molar-refractivity contribution < 1.29 is 23.0 Å². The van der Waals surface area contributed by atoms with Crippen LogP contribution < -0.4 is 15.2 Å². The fraction of sp³-hybridized carbons (Fsp3) is 0.0909. The van der Waals surface area contributed by atoms with Gasteiger partial charge in [-0.15, -0.1) is 5.10 Å². The Bertz CT molecular complexity index is 1280. The van der Waals surface area contributed by atoms with Crippen LogP contribution in [-0.2, 0) is 6.61 Å². The number of nitrogens with zero attached hydrogens (tertiary/aromatic N) is 3. The first kappa shape index (κ1) is 22.6. The average Bonchev–Trinajstić information content (AvgIpc) is 3.27. The Morgan fingerprint density at radius 2 is 1.85 bits per heavy atom. The third-order valence-electron chi connectivity index (χ3n) is 4.47. The van der Waals surface area contributed by atoms with Crippen molar-refractivity contribution in [3.05, 3.63) is 76.9 Å². The number of ether oxygens (including phenoxy) is 2. The number of aromatic nitrogens is 3. The lowest BCUT2D eigenvalue weighted by atomic mass is 9.97. The number of carbonyl (C=O) groups excluding carboxylic acids is 1. The smallest absolute Gasteiger partial charge is 0.387 e. The Balaban J connectivity index is 1.72. The van der Waals surface area contributed by atoms with E-state index < -0.39 is 12.5 Å². The molecule has 7 nitrogen and oxygen atoms in total. The number of nitrogens with two attached hydrogens (primary N) is 1. The molecular formula is C22H15ClF2N4O3S. The largest absolute Gasteiger partial charge is 0.464 e. The number of alkyl halides is 2. The second kappa shape index (κ2) is 9.88. The molecule has 2 aromatic heterocycles. The van der Waals surface area contributed by atoms with Gasteiger partial charge in [0.25, 0.3) is 5.19 Å². The molecule has 0 spiro atoms. The van der Waals surface area contributed by atoms with Crippen molar-refractivity contribution in [3.8, 4) is 32.8 Å². The summed E-state index contributed by atoms with van der Waals surface area (Å²) in [5.74, 6) is -0.891. The van der Waals surface area contributed by atoms with Gasteiger partial charge in [0.05, 0.1) is 5.56 Å². The number of hydrogen-bond donors (Lipinski definition) is 1. The van der Waals surface area contributed by atoms with Gasteiger partial charge in [0.15, 0.2) is 5.01 Å². The predicted molar refractivity (Wildman–Crippen MR) is 120 cm³/mol. The molecule has 1 amide bonds.